The molecule has 0 saturated carbocycles. The van der Waals surface area contributed by atoms with Crippen molar-refractivity contribution < 1.29 is 9.59 Å². The Hall–Kier alpha value is -1.20. The average Bonchev–Trinajstić information content (AvgIpc) is 2.76. The smallest absolute Gasteiger partial charge is 0.220 e. The van der Waals surface area contributed by atoms with Gasteiger partial charge in [-0.1, -0.05) is 0 Å². The molecule has 0 aliphatic carbocycles. The predicted molar refractivity (Wildman–Crippen MR) is 81.4 cm³/mol. The highest BCUT2D eigenvalue weighted by atomic mass is 32.1. The van der Waals surface area contributed by atoms with Crippen LogP contribution in [0.15, 0.2) is 6.07 Å². The maximum Gasteiger partial charge on any atom is 0.220 e. The van der Waals surface area contributed by atoms with Gasteiger partial charge in [-0.2, -0.15) is 0 Å². The predicted octanol–water partition coefficient (Wildman–Crippen LogP) is 2.20. The Morgan fingerprint density at radius 2 is 2.00 bits per heavy atom. The molecule has 0 bridgehead atoms. The van der Waals surface area contributed by atoms with Gasteiger partial charge in [0.2, 0.25) is 5.91 Å². The monoisotopic (exact) mass is 294 g/mol. The number of thiophene rings is 1. The van der Waals surface area contributed by atoms with E-state index in [1.165, 1.54) is 0 Å². The highest BCUT2D eigenvalue weighted by molar-refractivity contribution is 7.12. The van der Waals surface area contributed by atoms with E-state index in [0.29, 0.717) is 6.42 Å². The van der Waals surface area contributed by atoms with Crippen LogP contribution < -0.4 is 10.6 Å². The normalized spacial score (nSPS) is 16.1. The molecule has 20 heavy (non-hydrogen) atoms. The molecule has 110 valence electrons. The van der Waals surface area contributed by atoms with E-state index in [0.717, 1.165) is 41.2 Å². The molecule has 0 radical (unpaired) electrons. The summed E-state index contributed by atoms with van der Waals surface area (Å²) in [5.41, 5.74) is 0.780. The zero-order valence-electron chi connectivity index (χ0n) is 12.1. The van der Waals surface area contributed by atoms with E-state index in [1.54, 1.807) is 11.3 Å². The Kier molecular flexibility index (Phi) is 5.31. The summed E-state index contributed by atoms with van der Waals surface area (Å²) in [5.74, 6) is 0.0714. The summed E-state index contributed by atoms with van der Waals surface area (Å²) in [6.45, 7) is 5.87. The van der Waals surface area contributed by atoms with E-state index >= 15 is 0 Å². The van der Waals surface area contributed by atoms with Gasteiger partial charge in [0.15, 0.2) is 5.78 Å². The van der Waals surface area contributed by atoms with Crippen LogP contribution in [0.1, 0.15) is 45.8 Å². The number of piperidine rings is 1. The second kappa shape index (κ2) is 6.99. The van der Waals surface area contributed by atoms with Crippen LogP contribution in [0.5, 0.6) is 0 Å². The van der Waals surface area contributed by atoms with Crippen molar-refractivity contribution in [2.24, 2.45) is 0 Å². The fourth-order valence-electron chi connectivity index (χ4n) is 2.54. The standard InChI is InChI=1S/C15H22N2O2S/c1-10-9-13(11(2)20-10)14(18)3-4-15(19)17-12-5-7-16-8-6-12/h9,12,16H,3-8H2,1-2H3,(H,17,19). The molecule has 1 saturated heterocycles. The number of hydrogen-bond donors (Lipinski definition) is 2. The fourth-order valence-corrected chi connectivity index (χ4v) is 3.48. The molecule has 4 nitrogen and oxygen atoms in total. The van der Waals surface area contributed by atoms with Gasteiger partial charge in [-0.05, 0) is 45.8 Å². The van der Waals surface area contributed by atoms with E-state index in [2.05, 4.69) is 10.6 Å². The Labute approximate surface area is 124 Å². The van der Waals surface area contributed by atoms with Gasteiger partial charge in [-0.15, -0.1) is 11.3 Å². The maximum absolute atomic E-state index is 12.1. The lowest BCUT2D eigenvalue weighted by molar-refractivity contribution is -0.121. The molecular formula is C15H22N2O2S. The van der Waals surface area contributed by atoms with Crippen LogP contribution in [-0.4, -0.2) is 30.8 Å². The van der Waals surface area contributed by atoms with Gasteiger partial charge in [0.05, 0.1) is 0 Å². The summed E-state index contributed by atoms with van der Waals surface area (Å²) in [5, 5.41) is 6.28. The zero-order valence-corrected chi connectivity index (χ0v) is 12.9. The molecule has 1 aliphatic rings. The lowest BCUT2D eigenvalue weighted by Gasteiger charge is -2.23. The minimum Gasteiger partial charge on any atom is -0.353 e. The molecule has 5 heteroatoms. The van der Waals surface area contributed by atoms with Crippen LogP contribution in [0, 0.1) is 13.8 Å². The van der Waals surface area contributed by atoms with Crippen molar-refractivity contribution in [2.45, 2.75) is 45.6 Å². The first kappa shape index (κ1) is 15.2. The molecule has 1 aromatic heterocycles. The molecule has 1 aromatic rings. The topological polar surface area (TPSA) is 58.2 Å². The number of hydrogen-bond acceptors (Lipinski definition) is 4. The highest BCUT2D eigenvalue weighted by Crippen LogP contribution is 2.22. The second-order valence-electron chi connectivity index (χ2n) is 5.34. The third-order valence-electron chi connectivity index (χ3n) is 3.62. The van der Waals surface area contributed by atoms with Crippen LogP contribution in [0.25, 0.3) is 0 Å². The molecule has 0 spiro atoms. The van der Waals surface area contributed by atoms with Crippen LogP contribution in [0.2, 0.25) is 0 Å². The van der Waals surface area contributed by atoms with Crippen LogP contribution >= 0.6 is 11.3 Å². The highest BCUT2D eigenvalue weighted by Gasteiger charge is 2.17. The number of carbonyl (C=O) groups is 2. The Balaban J connectivity index is 1.78. The average molecular weight is 294 g/mol. The van der Waals surface area contributed by atoms with Crippen molar-refractivity contribution in [3.05, 3.63) is 21.4 Å². The number of carbonyl (C=O) groups excluding carboxylic acids is 2. The van der Waals surface area contributed by atoms with E-state index in [-0.39, 0.29) is 24.2 Å². The van der Waals surface area contributed by atoms with Gasteiger partial charge < -0.3 is 10.6 Å². The van der Waals surface area contributed by atoms with Crippen molar-refractivity contribution in [3.8, 4) is 0 Å². The lowest BCUT2D eigenvalue weighted by Crippen LogP contribution is -2.42. The third-order valence-corrected chi connectivity index (χ3v) is 4.59. The zero-order chi connectivity index (χ0) is 14.5. The molecule has 0 aromatic carbocycles. The minimum atomic E-state index is -0.00476. The van der Waals surface area contributed by atoms with E-state index in [4.69, 9.17) is 0 Å². The first-order chi connectivity index (χ1) is 9.56. The first-order valence-corrected chi connectivity index (χ1v) is 7.98. The summed E-state index contributed by atoms with van der Waals surface area (Å²) in [6.07, 6.45) is 2.54. The van der Waals surface area contributed by atoms with Crippen LogP contribution in [0.4, 0.5) is 0 Å². The van der Waals surface area contributed by atoms with Crippen LogP contribution in [-0.2, 0) is 4.79 Å². The van der Waals surface area contributed by atoms with Crippen molar-refractivity contribution >= 4 is 23.0 Å². The van der Waals surface area contributed by atoms with Crippen molar-refractivity contribution in [1.82, 2.24) is 10.6 Å². The van der Waals surface area contributed by atoms with E-state index in [1.807, 2.05) is 19.9 Å². The SMILES string of the molecule is Cc1cc(C(=O)CCC(=O)NC2CCNCC2)c(C)s1. The molecular weight excluding hydrogens is 272 g/mol. The third kappa shape index (κ3) is 4.15. The first-order valence-electron chi connectivity index (χ1n) is 7.16. The summed E-state index contributed by atoms with van der Waals surface area (Å²) in [6, 6.07) is 2.19. The maximum atomic E-state index is 12.1. The van der Waals surface area contributed by atoms with Crippen molar-refractivity contribution in [2.75, 3.05) is 13.1 Å². The summed E-state index contributed by atoms with van der Waals surface area (Å²) in [4.78, 5) is 26.1. The van der Waals surface area contributed by atoms with Gasteiger partial charge >= 0.3 is 0 Å². The molecule has 1 amide bonds. The molecule has 0 atom stereocenters. The quantitative estimate of drug-likeness (QED) is 0.819. The molecule has 0 unspecified atom stereocenters. The van der Waals surface area contributed by atoms with Crippen molar-refractivity contribution in [3.63, 3.8) is 0 Å². The summed E-state index contributed by atoms with van der Waals surface area (Å²) >= 11 is 1.63. The Bertz CT molecular complexity index is 490. The van der Waals surface area contributed by atoms with Gasteiger partial charge in [-0.25, -0.2) is 0 Å². The number of ketones is 1. The van der Waals surface area contributed by atoms with Gasteiger partial charge in [0, 0.05) is 34.2 Å². The number of nitrogens with one attached hydrogen (secondary N) is 2. The lowest BCUT2D eigenvalue weighted by atomic mass is 10.0. The number of rotatable bonds is 5. The molecule has 1 fully saturated rings. The van der Waals surface area contributed by atoms with Gasteiger partial charge in [-0.3, -0.25) is 9.59 Å². The van der Waals surface area contributed by atoms with Crippen LogP contribution in [0.3, 0.4) is 0 Å². The molecule has 2 heterocycles. The largest absolute Gasteiger partial charge is 0.353 e. The number of Topliss-reactive ketones (excluding diaryl/α,β-unsaturated/α-hetero) is 1. The van der Waals surface area contributed by atoms with Gasteiger partial charge in [0.25, 0.3) is 0 Å². The fraction of sp³-hybridized carbons (Fsp3) is 0.600. The molecule has 1 aliphatic heterocycles. The second-order valence-corrected chi connectivity index (χ2v) is 6.80. The molecule has 2 N–H and O–H groups in total. The Morgan fingerprint density at radius 1 is 1.30 bits per heavy atom. The van der Waals surface area contributed by atoms with Gasteiger partial charge in [0.1, 0.15) is 0 Å². The molecule has 2 rings (SSSR count). The summed E-state index contributed by atoms with van der Waals surface area (Å²) < 4.78 is 0. The minimum absolute atomic E-state index is 0.00476. The summed E-state index contributed by atoms with van der Waals surface area (Å²) in [7, 11) is 0. The Morgan fingerprint density at radius 3 is 2.60 bits per heavy atom. The van der Waals surface area contributed by atoms with Crippen molar-refractivity contribution in [1.29, 1.82) is 0 Å². The van der Waals surface area contributed by atoms with E-state index < -0.39 is 0 Å². The number of amides is 1. The van der Waals surface area contributed by atoms with E-state index in [9.17, 15) is 9.59 Å². The number of aryl methyl sites for hydroxylation is 2.